The van der Waals surface area contributed by atoms with E-state index < -0.39 is 0 Å². The fourth-order valence-electron chi connectivity index (χ4n) is 3.15. The number of carbonyl (C=O) groups excluding carboxylic acids is 2. The molecule has 0 fully saturated rings. The Morgan fingerprint density at radius 3 is 2.61 bits per heavy atom. The van der Waals surface area contributed by atoms with E-state index >= 15 is 0 Å². The van der Waals surface area contributed by atoms with Crippen molar-refractivity contribution in [3.8, 4) is 0 Å². The molecule has 0 saturated heterocycles. The number of benzene rings is 2. The molecule has 0 unspecified atom stereocenters. The number of ether oxygens (including phenoxy) is 1. The summed E-state index contributed by atoms with van der Waals surface area (Å²) in [4.78, 5) is 31.5. The Kier molecular flexibility index (Phi) is 6.55. The van der Waals surface area contributed by atoms with Crippen LogP contribution in [0.1, 0.15) is 59.9 Å². The maximum atomic E-state index is 12.6. The van der Waals surface area contributed by atoms with Crippen molar-refractivity contribution in [2.75, 3.05) is 7.11 Å². The van der Waals surface area contributed by atoms with E-state index in [2.05, 4.69) is 14.7 Å². The molecule has 0 spiro atoms. The highest BCUT2D eigenvalue weighted by Crippen LogP contribution is 2.21. The standard InChI is InChI=1S/C22H25N3O3/c1-28-20(26)11-7-3-6-10-17(23)22-24-18-13-12-16(14-19(18)25-22)21(27)15-8-4-2-5-9-15/h2,4-5,8-9,12-14,17H,3,6-7,10-11,23H2,1H3,(H,24,25)/t17-/m0/s1. The van der Waals surface area contributed by atoms with Crippen molar-refractivity contribution in [1.82, 2.24) is 9.97 Å². The van der Waals surface area contributed by atoms with Crippen LogP contribution in [0.4, 0.5) is 0 Å². The van der Waals surface area contributed by atoms with Gasteiger partial charge in [-0.05, 0) is 31.0 Å². The molecule has 2 aromatic carbocycles. The Hall–Kier alpha value is -2.99. The van der Waals surface area contributed by atoms with Gasteiger partial charge in [-0.25, -0.2) is 4.98 Å². The quantitative estimate of drug-likeness (QED) is 0.334. The number of hydrogen-bond donors (Lipinski definition) is 2. The number of ketones is 1. The van der Waals surface area contributed by atoms with Gasteiger partial charge >= 0.3 is 5.97 Å². The third-order valence-electron chi connectivity index (χ3n) is 4.77. The normalized spacial score (nSPS) is 12.1. The predicted molar refractivity (Wildman–Crippen MR) is 108 cm³/mol. The van der Waals surface area contributed by atoms with Gasteiger partial charge in [-0.2, -0.15) is 0 Å². The third-order valence-corrected chi connectivity index (χ3v) is 4.77. The van der Waals surface area contributed by atoms with Crippen LogP contribution in [0.5, 0.6) is 0 Å². The van der Waals surface area contributed by atoms with Crippen LogP contribution >= 0.6 is 0 Å². The summed E-state index contributed by atoms with van der Waals surface area (Å²) in [5.74, 6) is 0.511. The first kappa shape index (κ1) is 19.8. The predicted octanol–water partition coefficient (Wildman–Crippen LogP) is 3.92. The van der Waals surface area contributed by atoms with E-state index in [1.54, 1.807) is 24.3 Å². The summed E-state index contributed by atoms with van der Waals surface area (Å²) in [5, 5.41) is 0. The van der Waals surface area contributed by atoms with Gasteiger partial charge in [0.2, 0.25) is 0 Å². The van der Waals surface area contributed by atoms with E-state index in [9.17, 15) is 9.59 Å². The van der Waals surface area contributed by atoms with Crippen molar-refractivity contribution in [2.45, 2.75) is 38.1 Å². The Morgan fingerprint density at radius 1 is 1.07 bits per heavy atom. The molecule has 1 atom stereocenters. The molecule has 146 valence electrons. The number of aromatic amines is 1. The number of esters is 1. The summed E-state index contributed by atoms with van der Waals surface area (Å²) >= 11 is 0. The molecule has 6 heteroatoms. The molecule has 0 saturated carbocycles. The van der Waals surface area contributed by atoms with Crippen LogP contribution < -0.4 is 5.73 Å². The highest BCUT2D eigenvalue weighted by molar-refractivity contribution is 6.10. The largest absolute Gasteiger partial charge is 0.469 e. The molecular weight excluding hydrogens is 354 g/mol. The molecule has 0 aliphatic carbocycles. The number of nitrogens with one attached hydrogen (secondary N) is 1. The molecular formula is C22H25N3O3. The van der Waals surface area contributed by atoms with Gasteiger partial charge in [0.05, 0.1) is 24.2 Å². The Morgan fingerprint density at radius 2 is 1.86 bits per heavy atom. The van der Waals surface area contributed by atoms with E-state index in [0.29, 0.717) is 23.4 Å². The Labute approximate surface area is 164 Å². The fourth-order valence-corrected chi connectivity index (χ4v) is 3.15. The Bertz CT molecular complexity index is 950. The summed E-state index contributed by atoms with van der Waals surface area (Å²) in [7, 11) is 1.40. The third kappa shape index (κ3) is 4.84. The van der Waals surface area contributed by atoms with Crippen molar-refractivity contribution < 1.29 is 14.3 Å². The lowest BCUT2D eigenvalue weighted by molar-refractivity contribution is -0.140. The maximum absolute atomic E-state index is 12.6. The first-order valence-electron chi connectivity index (χ1n) is 9.50. The van der Waals surface area contributed by atoms with E-state index in [1.807, 2.05) is 24.3 Å². The number of imidazole rings is 1. The number of rotatable bonds is 9. The van der Waals surface area contributed by atoms with Crippen LogP contribution in [0, 0.1) is 0 Å². The van der Waals surface area contributed by atoms with Crippen molar-refractivity contribution >= 4 is 22.8 Å². The van der Waals surface area contributed by atoms with Gasteiger partial charge in [0.1, 0.15) is 5.82 Å². The summed E-state index contributed by atoms with van der Waals surface area (Å²) < 4.78 is 4.63. The summed E-state index contributed by atoms with van der Waals surface area (Å²) in [6, 6.07) is 14.5. The molecule has 1 aromatic heterocycles. The average Bonchev–Trinajstić information content (AvgIpc) is 3.16. The van der Waals surface area contributed by atoms with Crippen LogP contribution in [-0.2, 0) is 9.53 Å². The van der Waals surface area contributed by atoms with E-state index in [4.69, 9.17) is 5.73 Å². The van der Waals surface area contributed by atoms with Crippen LogP contribution in [0.2, 0.25) is 0 Å². The van der Waals surface area contributed by atoms with Crippen LogP contribution in [0.25, 0.3) is 11.0 Å². The van der Waals surface area contributed by atoms with Crippen molar-refractivity contribution in [3.05, 3.63) is 65.5 Å². The molecule has 0 amide bonds. The zero-order chi connectivity index (χ0) is 19.9. The number of hydrogen-bond acceptors (Lipinski definition) is 5. The molecule has 3 N–H and O–H groups in total. The number of aromatic nitrogens is 2. The second kappa shape index (κ2) is 9.28. The summed E-state index contributed by atoms with van der Waals surface area (Å²) in [6.45, 7) is 0. The second-order valence-electron chi connectivity index (χ2n) is 6.83. The van der Waals surface area contributed by atoms with Crippen LogP contribution in [0.3, 0.4) is 0 Å². The number of nitrogens with zero attached hydrogens (tertiary/aromatic N) is 1. The molecule has 0 aliphatic rings. The fraction of sp³-hybridized carbons (Fsp3) is 0.318. The van der Waals surface area contributed by atoms with Gasteiger partial charge in [0, 0.05) is 17.5 Å². The van der Waals surface area contributed by atoms with Crippen LogP contribution in [-0.4, -0.2) is 28.8 Å². The second-order valence-corrected chi connectivity index (χ2v) is 6.83. The molecule has 3 rings (SSSR count). The van der Waals surface area contributed by atoms with Crippen molar-refractivity contribution in [1.29, 1.82) is 0 Å². The van der Waals surface area contributed by atoms with Gasteiger partial charge in [-0.15, -0.1) is 0 Å². The summed E-state index contributed by atoms with van der Waals surface area (Å²) in [5.41, 5.74) is 9.12. The lowest BCUT2D eigenvalue weighted by Crippen LogP contribution is -2.12. The number of nitrogens with two attached hydrogens (primary N) is 1. The topological polar surface area (TPSA) is 98.1 Å². The minimum Gasteiger partial charge on any atom is -0.469 e. The molecule has 28 heavy (non-hydrogen) atoms. The zero-order valence-corrected chi connectivity index (χ0v) is 16.0. The van der Waals surface area contributed by atoms with Gasteiger partial charge < -0.3 is 15.5 Å². The number of methoxy groups -OCH3 is 1. The maximum Gasteiger partial charge on any atom is 0.305 e. The van der Waals surface area contributed by atoms with Gasteiger partial charge in [0.25, 0.3) is 0 Å². The molecule has 6 nitrogen and oxygen atoms in total. The smallest absolute Gasteiger partial charge is 0.305 e. The number of unbranched alkanes of at least 4 members (excludes halogenated alkanes) is 2. The lowest BCUT2D eigenvalue weighted by atomic mass is 10.0. The zero-order valence-electron chi connectivity index (χ0n) is 16.0. The molecule has 1 heterocycles. The molecule has 0 bridgehead atoms. The van der Waals surface area contributed by atoms with E-state index in [0.717, 1.165) is 36.7 Å². The van der Waals surface area contributed by atoms with Crippen LogP contribution in [0.15, 0.2) is 48.5 Å². The highest BCUT2D eigenvalue weighted by Gasteiger charge is 2.14. The number of H-pyrrole nitrogens is 1. The van der Waals surface area contributed by atoms with E-state index in [1.165, 1.54) is 7.11 Å². The minimum absolute atomic E-state index is 0.0260. The van der Waals surface area contributed by atoms with Gasteiger partial charge in [0.15, 0.2) is 5.78 Å². The van der Waals surface area contributed by atoms with Gasteiger partial charge in [-0.3, -0.25) is 9.59 Å². The average molecular weight is 379 g/mol. The highest BCUT2D eigenvalue weighted by atomic mass is 16.5. The number of carbonyl (C=O) groups is 2. The molecule has 0 aliphatic heterocycles. The van der Waals surface area contributed by atoms with Crippen molar-refractivity contribution in [2.24, 2.45) is 5.73 Å². The Balaban J connectivity index is 1.62. The SMILES string of the molecule is COC(=O)CCCCC[C@H](N)c1nc2cc(C(=O)c3ccccc3)ccc2[nH]1. The molecule has 0 radical (unpaired) electrons. The summed E-state index contributed by atoms with van der Waals surface area (Å²) in [6.07, 6.45) is 3.83. The lowest BCUT2D eigenvalue weighted by Gasteiger charge is -2.08. The first-order chi connectivity index (χ1) is 13.6. The molecule has 3 aromatic rings. The van der Waals surface area contributed by atoms with Gasteiger partial charge in [-0.1, -0.05) is 43.2 Å². The first-order valence-corrected chi connectivity index (χ1v) is 9.50. The number of fused-ring (bicyclic) bond motifs is 1. The minimum atomic E-state index is -0.209. The van der Waals surface area contributed by atoms with E-state index in [-0.39, 0.29) is 17.8 Å². The van der Waals surface area contributed by atoms with Crippen molar-refractivity contribution in [3.63, 3.8) is 0 Å². The monoisotopic (exact) mass is 379 g/mol.